The van der Waals surface area contributed by atoms with Gasteiger partial charge in [-0.3, -0.25) is 4.79 Å². The lowest BCUT2D eigenvalue weighted by atomic mass is 9.95. The van der Waals surface area contributed by atoms with Gasteiger partial charge in [-0.2, -0.15) is 0 Å². The van der Waals surface area contributed by atoms with Crippen LogP contribution in [0.2, 0.25) is 0 Å². The number of amides is 1. The van der Waals surface area contributed by atoms with E-state index in [0.29, 0.717) is 28.5 Å². The van der Waals surface area contributed by atoms with Gasteiger partial charge >= 0.3 is 5.97 Å². The Morgan fingerprint density at radius 3 is 2.52 bits per heavy atom. The van der Waals surface area contributed by atoms with Crippen molar-refractivity contribution in [2.24, 2.45) is 0 Å². The van der Waals surface area contributed by atoms with Crippen molar-refractivity contribution in [1.82, 2.24) is 15.0 Å². The summed E-state index contributed by atoms with van der Waals surface area (Å²) in [5, 5.41) is 14.4. The molecule has 1 amide bonds. The molecule has 0 saturated carbocycles. The van der Waals surface area contributed by atoms with E-state index >= 15 is 0 Å². The van der Waals surface area contributed by atoms with Crippen LogP contribution in [0, 0.1) is 6.92 Å². The highest BCUT2D eigenvalue weighted by Gasteiger charge is 2.37. The maximum atomic E-state index is 13.1. The molecule has 1 aromatic heterocycles. The van der Waals surface area contributed by atoms with Crippen molar-refractivity contribution in [1.29, 1.82) is 0 Å². The van der Waals surface area contributed by atoms with Crippen molar-refractivity contribution in [2.45, 2.75) is 26.8 Å². The van der Waals surface area contributed by atoms with Gasteiger partial charge in [0.05, 0.1) is 19.3 Å². The molecule has 1 aliphatic heterocycles. The summed E-state index contributed by atoms with van der Waals surface area (Å²) in [6.07, 6.45) is 0. The Morgan fingerprint density at radius 2 is 1.85 bits per heavy atom. The fourth-order valence-electron chi connectivity index (χ4n) is 3.78. The van der Waals surface area contributed by atoms with Crippen LogP contribution in [0.1, 0.15) is 41.5 Å². The highest BCUT2D eigenvalue weighted by molar-refractivity contribution is 6.07. The molecule has 0 spiro atoms. The number of ether oxygens (including phenoxy) is 2. The fraction of sp³-hybridized carbons (Fsp3) is 0.250. The van der Waals surface area contributed by atoms with E-state index in [1.807, 2.05) is 43.3 Å². The monoisotopic (exact) mass is 447 g/mol. The Bertz CT molecular complexity index is 1230. The molecule has 1 atom stereocenters. The second kappa shape index (κ2) is 9.15. The number of aromatic nitrogens is 3. The van der Waals surface area contributed by atoms with E-state index in [0.717, 1.165) is 11.1 Å². The van der Waals surface area contributed by atoms with Gasteiger partial charge < -0.3 is 20.1 Å². The maximum Gasteiger partial charge on any atom is 0.338 e. The first-order chi connectivity index (χ1) is 15.9. The molecule has 9 nitrogen and oxygen atoms in total. The van der Waals surface area contributed by atoms with Crippen LogP contribution in [0.3, 0.4) is 0 Å². The predicted octanol–water partition coefficient (Wildman–Crippen LogP) is 3.70. The van der Waals surface area contributed by atoms with Gasteiger partial charge in [-0.05, 0) is 50.1 Å². The van der Waals surface area contributed by atoms with Crippen LogP contribution in [-0.4, -0.2) is 40.6 Å². The molecule has 0 fully saturated rings. The van der Waals surface area contributed by atoms with E-state index in [1.54, 1.807) is 33.1 Å². The number of allylic oxidation sites excluding steroid dienone is 1. The standard InChI is InChI=1S/C24H25N5O4/c1-5-33-24(31)19-15(3)25-22-20(23(30)26-18-9-7-6-8-14(18)2)27-28-29(22)21(19)16-10-12-17(32-4)13-11-16/h6-13,21,25H,5H2,1-4H3,(H,26,30). The number of benzene rings is 2. The van der Waals surface area contributed by atoms with Crippen molar-refractivity contribution >= 4 is 23.4 Å². The predicted molar refractivity (Wildman–Crippen MR) is 123 cm³/mol. The third-order valence-electron chi connectivity index (χ3n) is 5.46. The first-order valence-corrected chi connectivity index (χ1v) is 10.6. The third-order valence-corrected chi connectivity index (χ3v) is 5.46. The second-order valence-electron chi connectivity index (χ2n) is 7.56. The van der Waals surface area contributed by atoms with Gasteiger partial charge in [0, 0.05) is 11.4 Å². The zero-order valence-corrected chi connectivity index (χ0v) is 18.9. The number of hydrogen-bond donors (Lipinski definition) is 2. The van der Waals surface area contributed by atoms with Gasteiger partial charge in [0.25, 0.3) is 5.91 Å². The highest BCUT2D eigenvalue weighted by Crippen LogP contribution is 2.37. The van der Waals surface area contributed by atoms with Crippen LogP contribution in [0.15, 0.2) is 59.8 Å². The lowest BCUT2D eigenvalue weighted by Gasteiger charge is -2.28. The van der Waals surface area contributed by atoms with Crippen molar-refractivity contribution in [2.75, 3.05) is 24.4 Å². The Morgan fingerprint density at radius 1 is 1.12 bits per heavy atom. The average Bonchev–Trinajstić information content (AvgIpc) is 3.23. The minimum absolute atomic E-state index is 0.124. The number of hydrogen-bond acceptors (Lipinski definition) is 7. The van der Waals surface area contributed by atoms with Gasteiger partial charge in [0.1, 0.15) is 11.8 Å². The number of rotatable bonds is 6. The molecule has 170 valence electrons. The summed E-state index contributed by atoms with van der Waals surface area (Å²) < 4.78 is 12.1. The molecule has 33 heavy (non-hydrogen) atoms. The molecule has 0 bridgehead atoms. The van der Waals surface area contributed by atoms with Crippen LogP contribution in [-0.2, 0) is 9.53 Å². The van der Waals surface area contributed by atoms with Crippen LogP contribution >= 0.6 is 0 Å². The molecule has 0 aliphatic carbocycles. The van der Waals surface area contributed by atoms with Crippen LogP contribution in [0.25, 0.3) is 0 Å². The van der Waals surface area contributed by atoms with Gasteiger partial charge in [-0.15, -0.1) is 5.10 Å². The number of carbonyl (C=O) groups excluding carboxylic acids is 2. The zero-order valence-electron chi connectivity index (χ0n) is 18.9. The van der Waals surface area contributed by atoms with Crippen LogP contribution < -0.4 is 15.4 Å². The topological polar surface area (TPSA) is 107 Å². The number of anilines is 2. The molecule has 2 N–H and O–H groups in total. The molecule has 9 heteroatoms. The number of nitrogens with one attached hydrogen (secondary N) is 2. The number of para-hydroxylation sites is 1. The number of esters is 1. The summed E-state index contributed by atoms with van der Waals surface area (Å²) in [7, 11) is 1.59. The zero-order chi connectivity index (χ0) is 23.5. The SMILES string of the molecule is CCOC(=O)C1=C(C)Nc2c(C(=O)Nc3ccccc3C)nnn2C1c1ccc(OC)cc1. The molecule has 2 aromatic carbocycles. The molecule has 0 radical (unpaired) electrons. The normalized spacial score (nSPS) is 14.8. The smallest absolute Gasteiger partial charge is 0.338 e. The van der Waals surface area contributed by atoms with Gasteiger partial charge in [-0.1, -0.05) is 35.5 Å². The van der Waals surface area contributed by atoms with E-state index in [9.17, 15) is 9.59 Å². The van der Waals surface area contributed by atoms with Gasteiger partial charge in [-0.25, -0.2) is 9.48 Å². The number of fused-ring (bicyclic) bond motifs is 1. The molecule has 4 rings (SSSR count). The molecule has 3 aromatic rings. The Balaban J connectivity index is 1.77. The Hall–Kier alpha value is -4.14. The van der Waals surface area contributed by atoms with Crippen LogP contribution in [0.5, 0.6) is 5.75 Å². The fourth-order valence-corrected chi connectivity index (χ4v) is 3.78. The Labute approximate surface area is 191 Å². The quantitative estimate of drug-likeness (QED) is 0.555. The maximum absolute atomic E-state index is 13.1. The van der Waals surface area contributed by atoms with Crippen molar-refractivity contribution in [3.05, 3.63) is 76.6 Å². The minimum atomic E-state index is -0.626. The number of nitrogens with zero attached hydrogens (tertiary/aromatic N) is 3. The number of carbonyl (C=O) groups is 2. The third kappa shape index (κ3) is 4.17. The largest absolute Gasteiger partial charge is 0.497 e. The van der Waals surface area contributed by atoms with Crippen LogP contribution in [0.4, 0.5) is 11.5 Å². The number of methoxy groups -OCH3 is 1. The van der Waals surface area contributed by atoms with Crippen molar-refractivity contribution in [3.8, 4) is 5.75 Å². The summed E-state index contributed by atoms with van der Waals surface area (Å²) in [5.41, 5.74) is 3.47. The lowest BCUT2D eigenvalue weighted by molar-refractivity contribution is -0.139. The minimum Gasteiger partial charge on any atom is -0.497 e. The molecular weight excluding hydrogens is 422 g/mol. The average molecular weight is 447 g/mol. The Kier molecular flexibility index (Phi) is 6.12. The molecular formula is C24H25N5O4. The lowest BCUT2D eigenvalue weighted by Crippen LogP contribution is -2.30. The molecule has 1 unspecified atom stereocenters. The summed E-state index contributed by atoms with van der Waals surface area (Å²) in [5.74, 6) is 0.213. The summed E-state index contributed by atoms with van der Waals surface area (Å²) >= 11 is 0. The molecule has 2 heterocycles. The van der Waals surface area contributed by atoms with Crippen molar-refractivity contribution in [3.63, 3.8) is 0 Å². The van der Waals surface area contributed by atoms with E-state index in [2.05, 4.69) is 20.9 Å². The highest BCUT2D eigenvalue weighted by atomic mass is 16.5. The van der Waals surface area contributed by atoms with E-state index in [1.165, 1.54) is 4.68 Å². The van der Waals surface area contributed by atoms with Gasteiger partial charge in [0.15, 0.2) is 11.5 Å². The van der Waals surface area contributed by atoms with E-state index in [4.69, 9.17) is 9.47 Å². The first-order valence-electron chi connectivity index (χ1n) is 10.6. The first kappa shape index (κ1) is 22.1. The van der Waals surface area contributed by atoms with E-state index in [-0.39, 0.29) is 12.3 Å². The summed E-state index contributed by atoms with van der Waals surface area (Å²) in [6.45, 7) is 5.66. The summed E-state index contributed by atoms with van der Waals surface area (Å²) in [6, 6.07) is 14.2. The molecule has 0 saturated heterocycles. The van der Waals surface area contributed by atoms with E-state index < -0.39 is 17.9 Å². The second-order valence-corrected chi connectivity index (χ2v) is 7.56. The summed E-state index contributed by atoms with van der Waals surface area (Å²) in [4.78, 5) is 25.9. The molecule has 1 aliphatic rings. The van der Waals surface area contributed by atoms with Gasteiger partial charge in [0.2, 0.25) is 0 Å². The number of aryl methyl sites for hydroxylation is 1. The van der Waals surface area contributed by atoms with Crippen molar-refractivity contribution < 1.29 is 19.1 Å².